The average Bonchev–Trinajstić information content (AvgIpc) is 3.04. The monoisotopic (exact) mass is 279 g/mol. The van der Waals surface area contributed by atoms with Gasteiger partial charge >= 0.3 is 0 Å². The van der Waals surface area contributed by atoms with Crippen molar-refractivity contribution in [2.75, 3.05) is 7.05 Å². The first-order chi connectivity index (χ1) is 9.15. The van der Waals surface area contributed by atoms with Gasteiger partial charge in [0.15, 0.2) is 0 Å². The summed E-state index contributed by atoms with van der Waals surface area (Å²) in [4.78, 5) is 1.23. The van der Waals surface area contributed by atoms with Crippen LogP contribution < -0.4 is 5.32 Å². The number of nitrogens with zero attached hydrogens (tertiary/aromatic N) is 4. The molecule has 2 aromatic rings. The predicted molar refractivity (Wildman–Crippen MR) is 77.4 cm³/mol. The molecule has 0 saturated heterocycles. The van der Waals surface area contributed by atoms with E-state index >= 15 is 0 Å². The van der Waals surface area contributed by atoms with Crippen molar-refractivity contribution in [3.05, 3.63) is 28.5 Å². The molecule has 104 valence electrons. The summed E-state index contributed by atoms with van der Waals surface area (Å²) in [6.07, 6.45) is 3.83. The summed E-state index contributed by atoms with van der Waals surface area (Å²) in [5.41, 5.74) is 2.19. The molecule has 5 nitrogen and oxygen atoms in total. The van der Waals surface area contributed by atoms with E-state index in [1.165, 1.54) is 16.4 Å². The van der Waals surface area contributed by atoms with E-state index in [0.717, 1.165) is 24.2 Å². The van der Waals surface area contributed by atoms with Crippen molar-refractivity contribution in [2.24, 2.45) is 0 Å². The van der Waals surface area contributed by atoms with Crippen LogP contribution in [-0.4, -0.2) is 26.4 Å². The molecule has 6 heteroatoms. The maximum absolute atomic E-state index is 4.60. The first-order valence-corrected chi connectivity index (χ1v) is 7.45. The fraction of sp³-hybridized carbons (Fsp3) is 0.615. The molecule has 0 aliphatic heterocycles. The summed E-state index contributed by atoms with van der Waals surface area (Å²) in [5.74, 6) is 0. The molecule has 2 rings (SSSR count). The second-order valence-corrected chi connectivity index (χ2v) is 5.65. The van der Waals surface area contributed by atoms with Gasteiger partial charge in [-0.1, -0.05) is 11.4 Å². The Labute approximate surface area is 118 Å². The van der Waals surface area contributed by atoms with E-state index in [1.807, 2.05) is 17.9 Å². The Morgan fingerprint density at radius 1 is 1.42 bits per heavy atom. The lowest BCUT2D eigenvalue weighted by molar-refractivity contribution is 0.515. The van der Waals surface area contributed by atoms with Gasteiger partial charge in [0.25, 0.3) is 0 Å². The third kappa shape index (κ3) is 3.19. The molecule has 0 radical (unpaired) electrons. The standard InChI is InChI=1S/C13H21N5S/c1-5-11-13(19-17-15-11)12(14-4)8-10-6-7-18(16-10)9(2)3/h6-7,9,12,14H,5,8H2,1-4H3. The van der Waals surface area contributed by atoms with Gasteiger partial charge in [-0.25, -0.2) is 0 Å². The number of aromatic nitrogens is 4. The molecule has 0 saturated carbocycles. The van der Waals surface area contributed by atoms with Gasteiger partial charge in [-0.15, -0.1) is 5.10 Å². The van der Waals surface area contributed by atoms with Crippen molar-refractivity contribution in [1.29, 1.82) is 0 Å². The van der Waals surface area contributed by atoms with Crippen molar-refractivity contribution < 1.29 is 0 Å². The average molecular weight is 279 g/mol. The summed E-state index contributed by atoms with van der Waals surface area (Å²) in [6.45, 7) is 6.38. The van der Waals surface area contributed by atoms with Crippen molar-refractivity contribution >= 4 is 11.5 Å². The van der Waals surface area contributed by atoms with E-state index in [-0.39, 0.29) is 6.04 Å². The quantitative estimate of drug-likeness (QED) is 0.882. The molecule has 1 atom stereocenters. The topological polar surface area (TPSA) is 55.6 Å². The largest absolute Gasteiger partial charge is 0.312 e. The minimum absolute atomic E-state index is 0.241. The lowest BCUT2D eigenvalue weighted by atomic mass is 10.1. The normalized spacial score (nSPS) is 13.1. The Kier molecular flexibility index (Phi) is 4.66. The molecule has 1 unspecified atom stereocenters. The molecule has 0 spiro atoms. The highest BCUT2D eigenvalue weighted by atomic mass is 32.1. The van der Waals surface area contributed by atoms with Crippen LogP contribution in [0.4, 0.5) is 0 Å². The van der Waals surface area contributed by atoms with Crippen LogP contribution in [0.15, 0.2) is 12.3 Å². The van der Waals surface area contributed by atoms with Crippen LogP contribution in [0.1, 0.15) is 49.1 Å². The van der Waals surface area contributed by atoms with Gasteiger partial charge < -0.3 is 5.32 Å². The Morgan fingerprint density at radius 2 is 2.21 bits per heavy atom. The van der Waals surface area contributed by atoms with Crippen LogP contribution >= 0.6 is 11.5 Å². The molecule has 0 bridgehead atoms. The summed E-state index contributed by atoms with van der Waals surface area (Å²) >= 11 is 1.48. The summed E-state index contributed by atoms with van der Waals surface area (Å²) in [5, 5.41) is 12.1. The van der Waals surface area contributed by atoms with Gasteiger partial charge in [0, 0.05) is 18.7 Å². The number of nitrogens with one attached hydrogen (secondary N) is 1. The van der Waals surface area contributed by atoms with Crippen molar-refractivity contribution in [3.8, 4) is 0 Å². The van der Waals surface area contributed by atoms with E-state index < -0.39 is 0 Å². The van der Waals surface area contributed by atoms with Gasteiger partial charge in [0.2, 0.25) is 0 Å². The Bertz CT molecular complexity index is 517. The second kappa shape index (κ2) is 6.25. The summed E-state index contributed by atoms with van der Waals surface area (Å²) in [7, 11) is 1.98. The van der Waals surface area contributed by atoms with E-state index in [0.29, 0.717) is 6.04 Å². The first kappa shape index (κ1) is 14.1. The molecule has 19 heavy (non-hydrogen) atoms. The minimum atomic E-state index is 0.241. The van der Waals surface area contributed by atoms with Gasteiger partial charge in [0.1, 0.15) is 0 Å². The Balaban J connectivity index is 2.14. The molecule has 1 N–H and O–H groups in total. The fourth-order valence-corrected chi connectivity index (χ4v) is 2.88. The van der Waals surface area contributed by atoms with Crippen LogP contribution in [-0.2, 0) is 12.8 Å². The van der Waals surface area contributed by atoms with Crippen molar-refractivity contribution in [3.63, 3.8) is 0 Å². The number of rotatable bonds is 6. The lowest BCUT2D eigenvalue weighted by Crippen LogP contribution is -2.19. The number of hydrogen-bond donors (Lipinski definition) is 1. The van der Waals surface area contributed by atoms with Gasteiger partial charge in [-0.3, -0.25) is 4.68 Å². The van der Waals surface area contributed by atoms with Gasteiger partial charge in [-0.2, -0.15) is 5.10 Å². The summed E-state index contributed by atoms with van der Waals surface area (Å²) in [6, 6.07) is 2.73. The highest BCUT2D eigenvalue weighted by Crippen LogP contribution is 2.23. The zero-order chi connectivity index (χ0) is 13.8. The molecular formula is C13H21N5S. The van der Waals surface area contributed by atoms with E-state index in [9.17, 15) is 0 Å². The van der Waals surface area contributed by atoms with Crippen LogP contribution in [0.25, 0.3) is 0 Å². The zero-order valence-corrected chi connectivity index (χ0v) is 12.7. The van der Waals surface area contributed by atoms with Gasteiger partial charge in [-0.05, 0) is 44.9 Å². The van der Waals surface area contributed by atoms with E-state index in [2.05, 4.69) is 46.8 Å². The van der Waals surface area contributed by atoms with Crippen LogP contribution in [0.3, 0.4) is 0 Å². The number of aryl methyl sites for hydroxylation is 1. The molecule has 0 aliphatic carbocycles. The number of likely N-dealkylation sites (N-methyl/N-ethyl adjacent to an activating group) is 1. The SMILES string of the molecule is CCc1nnsc1C(Cc1ccn(C(C)C)n1)NC. The van der Waals surface area contributed by atoms with Gasteiger partial charge in [0.05, 0.1) is 22.3 Å². The smallest absolute Gasteiger partial charge is 0.0801 e. The van der Waals surface area contributed by atoms with Crippen molar-refractivity contribution in [1.82, 2.24) is 24.7 Å². The first-order valence-electron chi connectivity index (χ1n) is 6.68. The molecular weight excluding hydrogens is 258 g/mol. The fourth-order valence-electron chi connectivity index (χ4n) is 2.03. The van der Waals surface area contributed by atoms with Crippen LogP contribution in [0, 0.1) is 0 Å². The molecule has 0 fully saturated rings. The highest BCUT2D eigenvalue weighted by molar-refractivity contribution is 7.05. The molecule has 0 amide bonds. The van der Waals surface area contributed by atoms with E-state index in [1.54, 1.807) is 0 Å². The zero-order valence-electron chi connectivity index (χ0n) is 11.9. The highest BCUT2D eigenvalue weighted by Gasteiger charge is 2.18. The lowest BCUT2D eigenvalue weighted by Gasteiger charge is -2.13. The predicted octanol–water partition coefficient (Wildman–Crippen LogP) is 2.38. The molecule has 0 aliphatic rings. The third-order valence-corrected chi connectivity index (χ3v) is 4.07. The third-order valence-electron chi connectivity index (χ3n) is 3.19. The maximum atomic E-state index is 4.60. The Morgan fingerprint density at radius 3 is 2.79 bits per heavy atom. The molecule has 2 aromatic heterocycles. The van der Waals surface area contributed by atoms with Crippen molar-refractivity contribution in [2.45, 2.75) is 45.7 Å². The minimum Gasteiger partial charge on any atom is -0.312 e. The van der Waals surface area contributed by atoms with E-state index in [4.69, 9.17) is 0 Å². The molecule has 0 aromatic carbocycles. The second-order valence-electron chi connectivity index (χ2n) is 4.86. The number of hydrogen-bond acceptors (Lipinski definition) is 5. The maximum Gasteiger partial charge on any atom is 0.0801 e. The Hall–Kier alpha value is -1.27. The molecule has 2 heterocycles. The van der Waals surface area contributed by atoms with Crippen LogP contribution in [0.5, 0.6) is 0 Å². The summed E-state index contributed by atoms with van der Waals surface area (Å²) < 4.78 is 6.06. The van der Waals surface area contributed by atoms with Crippen LogP contribution in [0.2, 0.25) is 0 Å².